The van der Waals surface area contributed by atoms with Gasteiger partial charge in [0.15, 0.2) is 0 Å². The fourth-order valence-corrected chi connectivity index (χ4v) is 2.12. The molecule has 0 aliphatic carbocycles. The zero-order valence-electron chi connectivity index (χ0n) is 9.69. The van der Waals surface area contributed by atoms with Crippen molar-refractivity contribution in [3.8, 4) is 0 Å². The first-order valence-corrected chi connectivity index (χ1v) is 6.97. The molecule has 2 nitrogen and oxygen atoms in total. The van der Waals surface area contributed by atoms with Gasteiger partial charge >= 0.3 is 0 Å². The summed E-state index contributed by atoms with van der Waals surface area (Å²) < 4.78 is 1.25. The van der Waals surface area contributed by atoms with Crippen molar-refractivity contribution >= 4 is 34.2 Å². The Labute approximate surface area is 116 Å². The van der Waals surface area contributed by atoms with E-state index in [-0.39, 0.29) is 0 Å². The van der Waals surface area contributed by atoms with Crippen molar-refractivity contribution in [2.45, 2.75) is 26.4 Å². The molecule has 1 rings (SSSR count). The molecule has 0 heterocycles. The molecule has 0 aromatic heterocycles. The van der Waals surface area contributed by atoms with E-state index in [1.165, 1.54) is 9.13 Å². The molecule has 0 radical (unpaired) electrons. The topological polar surface area (TPSA) is 24.1 Å². The van der Waals surface area contributed by atoms with Gasteiger partial charge in [-0.1, -0.05) is 18.5 Å². The standard InChI is InChI=1S/C12H18ClIN2/c1-3-15-7-9(2)16-8-10-6-11(13)4-5-12(10)14/h4-6,9,15-16H,3,7-8H2,1-2H3. The van der Waals surface area contributed by atoms with Crippen molar-refractivity contribution in [2.24, 2.45) is 0 Å². The first kappa shape index (κ1) is 14.2. The average Bonchev–Trinajstić information content (AvgIpc) is 2.27. The molecule has 0 aliphatic heterocycles. The molecule has 0 aliphatic rings. The van der Waals surface area contributed by atoms with Gasteiger partial charge in [-0.3, -0.25) is 0 Å². The number of hydrogen-bond acceptors (Lipinski definition) is 2. The number of likely N-dealkylation sites (N-methyl/N-ethyl adjacent to an activating group) is 1. The third kappa shape index (κ3) is 4.99. The summed E-state index contributed by atoms with van der Waals surface area (Å²) in [7, 11) is 0. The molecular weight excluding hydrogens is 335 g/mol. The molecule has 1 aromatic carbocycles. The molecule has 90 valence electrons. The molecule has 0 fully saturated rings. The van der Waals surface area contributed by atoms with E-state index in [0.717, 1.165) is 24.7 Å². The van der Waals surface area contributed by atoms with Gasteiger partial charge in [-0.15, -0.1) is 0 Å². The van der Waals surface area contributed by atoms with E-state index < -0.39 is 0 Å². The van der Waals surface area contributed by atoms with E-state index in [1.54, 1.807) is 0 Å². The van der Waals surface area contributed by atoms with Gasteiger partial charge in [-0.05, 0) is 59.8 Å². The van der Waals surface area contributed by atoms with Crippen LogP contribution >= 0.6 is 34.2 Å². The predicted molar refractivity (Wildman–Crippen MR) is 79.0 cm³/mol. The quantitative estimate of drug-likeness (QED) is 0.769. The Hall–Kier alpha value is 0.160. The van der Waals surface area contributed by atoms with Crippen LogP contribution in [0.15, 0.2) is 18.2 Å². The van der Waals surface area contributed by atoms with Crippen LogP contribution in [-0.2, 0) is 6.54 Å². The lowest BCUT2D eigenvalue weighted by atomic mass is 10.2. The monoisotopic (exact) mass is 352 g/mol. The van der Waals surface area contributed by atoms with Crippen LogP contribution in [0, 0.1) is 3.57 Å². The molecule has 16 heavy (non-hydrogen) atoms. The minimum atomic E-state index is 0.467. The van der Waals surface area contributed by atoms with Gasteiger partial charge in [0.2, 0.25) is 0 Å². The second-order valence-electron chi connectivity index (χ2n) is 3.83. The molecule has 0 spiro atoms. The maximum absolute atomic E-state index is 5.97. The van der Waals surface area contributed by atoms with Crippen LogP contribution in [-0.4, -0.2) is 19.1 Å². The van der Waals surface area contributed by atoms with E-state index >= 15 is 0 Å². The molecule has 0 bridgehead atoms. The minimum Gasteiger partial charge on any atom is -0.315 e. The van der Waals surface area contributed by atoms with Crippen molar-refractivity contribution in [1.29, 1.82) is 0 Å². The average molecular weight is 353 g/mol. The Morgan fingerprint density at radius 3 is 2.88 bits per heavy atom. The van der Waals surface area contributed by atoms with Gasteiger partial charge in [0.25, 0.3) is 0 Å². The number of hydrogen-bond donors (Lipinski definition) is 2. The third-order valence-electron chi connectivity index (χ3n) is 2.35. The van der Waals surface area contributed by atoms with E-state index in [2.05, 4.69) is 53.1 Å². The highest BCUT2D eigenvalue weighted by Crippen LogP contribution is 2.17. The lowest BCUT2D eigenvalue weighted by Crippen LogP contribution is -2.35. The Balaban J connectivity index is 2.44. The highest BCUT2D eigenvalue weighted by molar-refractivity contribution is 14.1. The van der Waals surface area contributed by atoms with Gasteiger partial charge < -0.3 is 10.6 Å². The summed E-state index contributed by atoms with van der Waals surface area (Å²) in [6, 6.07) is 6.47. The Morgan fingerprint density at radius 1 is 1.44 bits per heavy atom. The Morgan fingerprint density at radius 2 is 2.19 bits per heavy atom. The van der Waals surface area contributed by atoms with E-state index in [0.29, 0.717) is 6.04 Å². The van der Waals surface area contributed by atoms with E-state index in [4.69, 9.17) is 11.6 Å². The number of halogens is 2. The van der Waals surface area contributed by atoms with Crippen LogP contribution in [0.1, 0.15) is 19.4 Å². The van der Waals surface area contributed by atoms with E-state index in [9.17, 15) is 0 Å². The van der Waals surface area contributed by atoms with Crippen LogP contribution in [0.2, 0.25) is 5.02 Å². The van der Waals surface area contributed by atoms with Crippen LogP contribution in [0.25, 0.3) is 0 Å². The normalized spacial score (nSPS) is 12.8. The molecule has 0 saturated carbocycles. The predicted octanol–water partition coefficient (Wildman–Crippen LogP) is 3.03. The molecule has 0 amide bonds. The molecule has 1 atom stereocenters. The largest absolute Gasteiger partial charge is 0.315 e. The zero-order chi connectivity index (χ0) is 12.0. The first-order chi connectivity index (χ1) is 7.63. The lowest BCUT2D eigenvalue weighted by Gasteiger charge is -2.15. The summed E-state index contributed by atoms with van der Waals surface area (Å²) in [5.41, 5.74) is 1.26. The highest BCUT2D eigenvalue weighted by atomic mass is 127. The van der Waals surface area contributed by atoms with Crippen LogP contribution in [0.5, 0.6) is 0 Å². The highest BCUT2D eigenvalue weighted by Gasteiger charge is 2.03. The van der Waals surface area contributed by atoms with Crippen LogP contribution in [0.4, 0.5) is 0 Å². The van der Waals surface area contributed by atoms with Gasteiger partial charge in [-0.25, -0.2) is 0 Å². The minimum absolute atomic E-state index is 0.467. The van der Waals surface area contributed by atoms with Crippen molar-refractivity contribution in [3.05, 3.63) is 32.4 Å². The van der Waals surface area contributed by atoms with Gasteiger partial charge in [0, 0.05) is 27.7 Å². The molecule has 0 saturated heterocycles. The molecular formula is C12H18ClIN2. The van der Waals surface area contributed by atoms with Crippen LogP contribution < -0.4 is 10.6 Å². The second-order valence-corrected chi connectivity index (χ2v) is 5.42. The van der Waals surface area contributed by atoms with Gasteiger partial charge in [0.05, 0.1) is 0 Å². The molecule has 1 aromatic rings. The molecule has 2 N–H and O–H groups in total. The van der Waals surface area contributed by atoms with Crippen molar-refractivity contribution in [3.63, 3.8) is 0 Å². The van der Waals surface area contributed by atoms with E-state index in [1.807, 2.05) is 12.1 Å². The fraction of sp³-hybridized carbons (Fsp3) is 0.500. The van der Waals surface area contributed by atoms with Gasteiger partial charge in [0.1, 0.15) is 0 Å². The summed E-state index contributed by atoms with van der Waals surface area (Å²) in [5, 5.41) is 7.60. The summed E-state index contributed by atoms with van der Waals surface area (Å²) >= 11 is 8.31. The van der Waals surface area contributed by atoms with Gasteiger partial charge in [-0.2, -0.15) is 0 Å². The second kappa shape index (κ2) is 7.48. The number of nitrogens with one attached hydrogen (secondary N) is 2. The van der Waals surface area contributed by atoms with Crippen LogP contribution in [0.3, 0.4) is 0 Å². The SMILES string of the molecule is CCNCC(C)NCc1cc(Cl)ccc1I. The summed E-state index contributed by atoms with van der Waals surface area (Å²) in [5.74, 6) is 0. The smallest absolute Gasteiger partial charge is 0.0409 e. The summed E-state index contributed by atoms with van der Waals surface area (Å²) in [6.07, 6.45) is 0. The maximum Gasteiger partial charge on any atom is 0.0409 e. The Kier molecular flexibility index (Phi) is 6.65. The number of benzene rings is 1. The Bertz CT molecular complexity index is 331. The molecule has 4 heteroatoms. The van der Waals surface area contributed by atoms with Crippen molar-refractivity contribution < 1.29 is 0 Å². The third-order valence-corrected chi connectivity index (χ3v) is 3.64. The first-order valence-electron chi connectivity index (χ1n) is 5.51. The summed E-state index contributed by atoms with van der Waals surface area (Å²) in [4.78, 5) is 0. The van der Waals surface area contributed by atoms with Crippen molar-refractivity contribution in [1.82, 2.24) is 10.6 Å². The van der Waals surface area contributed by atoms with Crippen molar-refractivity contribution in [2.75, 3.05) is 13.1 Å². The maximum atomic E-state index is 5.97. The fourth-order valence-electron chi connectivity index (χ4n) is 1.40. The molecule has 1 unspecified atom stereocenters. The zero-order valence-corrected chi connectivity index (χ0v) is 12.6. The number of rotatable bonds is 6. The summed E-state index contributed by atoms with van der Waals surface area (Å²) in [6.45, 7) is 7.17. The lowest BCUT2D eigenvalue weighted by molar-refractivity contribution is 0.508.